The van der Waals surface area contributed by atoms with Crippen molar-refractivity contribution in [3.63, 3.8) is 0 Å². The second kappa shape index (κ2) is 7.06. The average Bonchev–Trinajstić information content (AvgIpc) is 2.43. The molecule has 0 aliphatic heterocycles. The van der Waals surface area contributed by atoms with Gasteiger partial charge < -0.3 is 10.2 Å². The van der Waals surface area contributed by atoms with Crippen molar-refractivity contribution in [3.05, 3.63) is 48.0 Å². The van der Waals surface area contributed by atoms with Gasteiger partial charge in [0.2, 0.25) is 0 Å². The number of fused-ring (bicyclic) bond motifs is 1. The topological polar surface area (TPSA) is 15.3 Å². The van der Waals surface area contributed by atoms with Crippen molar-refractivity contribution in [1.29, 1.82) is 0 Å². The lowest BCUT2D eigenvalue weighted by Crippen LogP contribution is -2.40. The fourth-order valence-electron chi connectivity index (χ4n) is 2.45. The minimum absolute atomic E-state index is 0.208. The Morgan fingerprint density at radius 2 is 1.67 bits per heavy atom. The van der Waals surface area contributed by atoms with Crippen LogP contribution in [0.3, 0.4) is 0 Å². The average molecular weight is 284 g/mol. The highest BCUT2D eigenvalue weighted by molar-refractivity contribution is 5.82. The number of rotatable bonds is 6. The number of nitrogens with one attached hydrogen (secondary N) is 1. The number of hydrogen-bond acceptors (Lipinski definition) is 2. The van der Waals surface area contributed by atoms with Crippen LogP contribution < -0.4 is 5.32 Å². The molecule has 2 nitrogen and oxygen atoms in total. The fraction of sp³-hybridized carbons (Fsp3) is 0.474. The van der Waals surface area contributed by atoms with Crippen molar-refractivity contribution in [1.82, 2.24) is 10.2 Å². The van der Waals surface area contributed by atoms with Gasteiger partial charge in [0.05, 0.1) is 0 Å². The van der Waals surface area contributed by atoms with E-state index in [1.807, 2.05) is 0 Å². The molecular formula is C19H28N2. The summed E-state index contributed by atoms with van der Waals surface area (Å²) >= 11 is 0. The summed E-state index contributed by atoms with van der Waals surface area (Å²) in [6.45, 7) is 9.86. The van der Waals surface area contributed by atoms with E-state index >= 15 is 0 Å². The van der Waals surface area contributed by atoms with Crippen molar-refractivity contribution in [3.8, 4) is 0 Å². The molecule has 0 aromatic heterocycles. The van der Waals surface area contributed by atoms with Crippen molar-refractivity contribution in [2.24, 2.45) is 0 Å². The summed E-state index contributed by atoms with van der Waals surface area (Å²) in [5.41, 5.74) is 1.63. The van der Waals surface area contributed by atoms with Crippen LogP contribution in [-0.4, -0.2) is 37.1 Å². The highest BCUT2D eigenvalue weighted by Gasteiger charge is 2.08. The molecule has 0 saturated heterocycles. The highest BCUT2D eigenvalue weighted by Crippen LogP contribution is 2.16. The summed E-state index contributed by atoms with van der Waals surface area (Å²) in [5, 5.41) is 6.20. The van der Waals surface area contributed by atoms with Gasteiger partial charge in [-0.15, -0.1) is 0 Å². The van der Waals surface area contributed by atoms with Gasteiger partial charge in [0.1, 0.15) is 0 Å². The number of hydrogen-bond donors (Lipinski definition) is 1. The van der Waals surface area contributed by atoms with E-state index in [0.29, 0.717) is 0 Å². The smallest absolute Gasteiger partial charge is 0.0104 e. The van der Waals surface area contributed by atoms with Crippen LogP contribution in [0, 0.1) is 0 Å². The molecule has 0 heterocycles. The minimum Gasteiger partial charge on any atom is -0.311 e. The summed E-state index contributed by atoms with van der Waals surface area (Å²) in [6, 6.07) is 15.4. The monoisotopic (exact) mass is 284 g/mol. The standard InChI is InChI=1S/C19H28N2/c1-19(2,3)20-12-14-21(4)13-11-16-9-10-17-7-5-6-8-18(17)15-16/h5-10,15,20H,11-14H2,1-4H3. The summed E-state index contributed by atoms with van der Waals surface area (Å²) < 4.78 is 0. The maximum absolute atomic E-state index is 3.53. The lowest BCUT2D eigenvalue weighted by Gasteiger charge is -2.23. The van der Waals surface area contributed by atoms with Gasteiger partial charge in [-0.25, -0.2) is 0 Å². The molecule has 0 aliphatic carbocycles. The fourth-order valence-corrected chi connectivity index (χ4v) is 2.45. The Balaban J connectivity index is 1.81. The van der Waals surface area contributed by atoms with Crippen LogP contribution >= 0.6 is 0 Å². The zero-order chi connectivity index (χ0) is 15.3. The molecule has 0 aliphatic rings. The van der Waals surface area contributed by atoms with E-state index < -0.39 is 0 Å². The largest absolute Gasteiger partial charge is 0.311 e. The molecule has 0 spiro atoms. The Kier molecular flexibility index (Phi) is 5.38. The third-order valence-corrected chi connectivity index (χ3v) is 3.74. The van der Waals surface area contributed by atoms with Crippen LogP contribution in [0.25, 0.3) is 10.8 Å². The first kappa shape index (κ1) is 16.0. The maximum Gasteiger partial charge on any atom is 0.0104 e. The van der Waals surface area contributed by atoms with Gasteiger partial charge in [0.15, 0.2) is 0 Å². The summed E-state index contributed by atoms with van der Waals surface area (Å²) in [7, 11) is 2.20. The van der Waals surface area contributed by atoms with E-state index in [2.05, 4.69) is 80.5 Å². The first-order chi connectivity index (χ1) is 9.94. The van der Waals surface area contributed by atoms with Crippen molar-refractivity contribution < 1.29 is 0 Å². The highest BCUT2D eigenvalue weighted by atomic mass is 15.1. The van der Waals surface area contributed by atoms with E-state index in [4.69, 9.17) is 0 Å². The van der Waals surface area contributed by atoms with Crippen molar-refractivity contribution in [2.45, 2.75) is 32.7 Å². The second-order valence-corrected chi connectivity index (χ2v) is 6.91. The molecule has 0 fully saturated rings. The zero-order valence-electron chi connectivity index (χ0n) is 13.8. The Labute approximate surface area is 129 Å². The SMILES string of the molecule is CN(CCNC(C)(C)C)CCc1ccc2ccccc2c1. The van der Waals surface area contributed by atoms with E-state index in [-0.39, 0.29) is 5.54 Å². The lowest BCUT2D eigenvalue weighted by molar-refractivity contribution is 0.312. The molecule has 0 saturated carbocycles. The molecule has 21 heavy (non-hydrogen) atoms. The van der Waals surface area contributed by atoms with Gasteiger partial charge >= 0.3 is 0 Å². The van der Waals surface area contributed by atoms with Crippen LogP contribution in [0.5, 0.6) is 0 Å². The van der Waals surface area contributed by atoms with Gasteiger partial charge in [-0.1, -0.05) is 42.5 Å². The third kappa shape index (κ3) is 5.49. The minimum atomic E-state index is 0.208. The molecule has 114 valence electrons. The molecule has 1 N–H and O–H groups in total. The van der Waals surface area contributed by atoms with Crippen LogP contribution in [0.1, 0.15) is 26.3 Å². The Bertz CT molecular complexity index is 569. The number of nitrogens with zero attached hydrogens (tertiary/aromatic N) is 1. The van der Waals surface area contributed by atoms with Gasteiger partial charge in [0, 0.05) is 25.2 Å². The van der Waals surface area contributed by atoms with Gasteiger partial charge in [-0.2, -0.15) is 0 Å². The molecule has 0 bridgehead atoms. The quantitative estimate of drug-likeness (QED) is 0.870. The second-order valence-electron chi connectivity index (χ2n) is 6.91. The normalized spacial score (nSPS) is 12.2. The summed E-state index contributed by atoms with van der Waals surface area (Å²) in [4.78, 5) is 2.40. The molecule has 0 radical (unpaired) electrons. The van der Waals surface area contributed by atoms with Crippen LogP contribution in [0.2, 0.25) is 0 Å². The predicted molar refractivity (Wildman–Crippen MR) is 92.9 cm³/mol. The first-order valence-corrected chi connectivity index (χ1v) is 7.85. The van der Waals surface area contributed by atoms with E-state index in [9.17, 15) is 0 Å². The zero-order valence-corrected chi connectivity index (χ0v) is 13.8. The van der Waals surface area contributed by atoms with Crippen molar-refractivity contribution >= 4 is 10.8 Å². The molecular weight excluding hydrogens is 256 g/mol. The van der Waals surface area contributed by atoms with Crippen LogP contribution in [0.4, 0.5) is 0 Å². The molecule has 0 unspecified atom stereocenters. The summed E-state index contributed by atoms with van der Waals surface area (Å²) in [6.07, 6.45) is 1.11. The summed E-state index contributed by atoms with van der Waals surface area (Å²) in [5.74, 6) is 0. The third-order valence-electron chi connectivity index (χ3n) is 3.74. The molecule has 2 rings (SSSR count). The van der Waals surface area contributed by atoms with E-state index in [1.54, 1.807) is 0 Å². The molecule has 2 aromatic carbocycles. The number of benzene rings is 2. The van der Waals surface area contributed by atoms with E-state index in [1.165, 1.54) is 16.3 Å². The molecule has 2 heteroatoms. The Morgan fingerprint density at radius 1 is 0.952 bits per heavy atom. The van der Waals surface area contributed by atoms with E-state index in [0.717, 1.165) is 26.1 Å². The first-order valence-electron chi connectivity index (χ1n) is 7.85. The van der Waals surface area contributed by atoms with Gasteiger partial charge in [-0.05, 0) is 50.6 Å². The Morgan fingerprint density at radius 3 is 2.38 bits per heavy atom. The lowest BCUT2D eigenvalue weighted by atomic mass is 10.1. The van der Waals surface area contributed by atoms with Crippen LogP contribution in [0.15, 0.2) is 42.5 Å². The van der Waals surface area contributed by atoms with Gasteiger partial charge in [-0.3, -0.25) is 0 Å². The molecule has 2 aromatic rings. The van der Waals surface area contributed by atoms with Crippen LogP contribution in [-0.2, 0) is 6.42 Å². The predicted octanol–water partition coefficient (Wildman–Crippen LogP) is 3.70. The molecule has 0 atom stereocenters. The Hall–Kier alpha value is -1.38. The maximum atomic E-state index is 3.53. The van der Waals surface area contributed by atoms with Crippen molar-refractivity contribution in [2.75, 3.05) is 26.7 Å². The molecule has 0 amide bonds. The number of likely N-dealkylation sites (N-methyl/N-ethyl adjacent to an activating group) is 1. The van der Waals surface area contributed by atoms with Gasteiger partial charge in [0.25, 0.3) is 0 Å².